The van der Waals surface area contributed by atoms with Crippen molar-refractivity contribution in [2.24, 2.45) is 22.6 Å². The number of carboxylic acid groups (broad SMARTS) is 3. The number of carbonyl (C=O) groups is 5. The molecule has 2 amide bonds. The fraction of sp³-hybridized carbons (Fsp3) is 0.389. The zero-order chi connectivity index (χ0) is 37.0. The summed E-state index contributed by atoms with van der Waals surface area (Å²) in [5.41, 5.74) is 12.3. The van der Waals surface area contributed by atoms with E-state index < -0.39 is 23.9 Å². The fourth-order valence-corrected chi connectivity index (χ4v) is 7.61. The molecule has 0 unspecified atom stereocenters. The Morgan fingerprint density at radius 1 is 0.940 bits per heavy atom. The van der Waals surface area contributed by atoms with E-state index in [2.05, 4.69) is 26.9 Å². The summed E-state index contributed by atoms with van der Waals surface area (Å²) in [6, 6.07) is -1.04. The molecule has 0 bridgehead atoms. The van der Waals surface area contributed by atoms with Crippen molar-refractivity contribution >= 4 is 65.4 Å². The first-order valence-corrected chi connectivity index (χ1v) is 17.2. The normalized spacial score (nSPS) is 20.4. The van der Waals surface area contributed by atoms with Crippen molar-refractivity contribution in [2.45, 2.75) is 71.6 Å². The standard InChI is InChI=1S/C36H43N5O8S/c1-7-21-16(2)27(40-35(21)47)12-25-17(3)22(8-10-31(42)43)28(38-25)14-29-23(9-11-32(44)45)18(4)26(39-29)13-30-33(19(5)34(46)41-30)20(6)50-15-24(37)36(48)49/h7,12-14,19-20,24,33,38-39H,1,8-11,15,37H2,2-6H3,(H,41,46)(H,42,43)(H,44,45)(H,48,49)/b25-12?,28-14?,30-13-/t19-,20+,24+,33+/m1/s1. The van der Waals surface area contributed by atoms with Crippen molar-refractivity contribution in [3.63, 3.8) is 0 Å². The van der Waals surface area contributed by atoms with Gasteiger partial charge in [0, 0.05) is 69.0 Å². The number of nitrogens with one attached hydrogen (secondary N) is 3. The molecule has 1 saturated heterocycles. The lowest BCUT2D eigenvalue weighted by Crippen LogP contribution is -2.34. The van der Waals surface area contributed by atoms with Crippen LogP contribution in [0.3, 0.4) is 0 Å². The first kappa shape index (κ1) is 37.9. The van der Waals surface area contributed by atoms with Gasteiger partial charge in [-0.15, -0.1) is 0 Å². The molecular formula is C36H43N5O8S. The van der Waals surface area contributed by atoms with Crippen LogP contribution in [0.2, 0.25) is 0 Å². The molecule has 0 saturated carbocycles. The lowest BCUT2D eigenvalue weighted by atomic mass is 9.91. The van der Waals surface area contributed by atoms with Gasteiger partial charge in [-0.3, -0.25) is 24.0 Å². The highest BCUT2D eigenvalue weighted by Gasteiger charge is 2.39. The number of rotatable bonds is 15. The van der Waals surface area contributed by atoms with Crippen molar-refractivity contribution in [1.82, 2.24) is 15.3 Å². The molecule has 8 N–H and O–H groups in total. The second-order valence-electron chi connectivity index (χ2n) is 12.6. The molecule has 0 aliphatic carbocycles. The van der Waals surface area contributed by atoms with Gasteiger partial charge >= 0.3 is 17.9 Å². The monoisotopic (exact) mass is 705 g/mol. The topological polar surface area (TPSA) is 228 Å². The molecule has 4 heterocycles. The van der Waals surface area contributed by atoms with Gasteiger partial charge in [0.1, 0.15) is 6.04 Å². The van der Waals surface area contributed by atoms with Crippen LogP contribution in [0.25, 0.3) is 18.2 Å². The number of hydrogen-bond acceptors (Lipinski definition) is 7. The molecule has 2 aromatic rings. The van der Waals surface area contributed by atoms with Gasteiger partial charge in [-0.1, -0.05) is 26.5 Å². The number of aliphatic carboxylic acids is 3. The Hall–Kier alpha value is -4.95. The van der Waals surface area contributed by atoms with Crippen LogP contribution in [0.15, 0.2) is 34.5 Å². The Balaban J connectivity index is 1.85. The largest absolute Gasteiger partial charge is 0.481 e. The van der Waals surface area contributed by atoms with E-state index in [0.29, 0.717) is 44.6 Å². The predicted molar refractivity (Wildman–Crippen MR) is 192 cm³/mol. The van der Waals surface area contributed by atoms with Crippen LogP contribution >= 0.6 is 11.8 Å². The maximum Gasteiger partial charge on any atom is 0.321 e. The Labute approximate surface area is 293 Å². The third-order valence-electron chi connectivity index (χ3n) is 9.33. The van der Waals surface area contributed by atoms with Gasteiger partial charge in [0.25, 0.3) is 5.91 Å². The van der Waals surface area contributed by atoms with E-state index in [0.717, 1.165) is 22.3 Å². The number of hydrogen-bond donors (Lipinski definition) is 7. The summed E-state index contributed by atoms with van der Waals surface area (Å²) in [7, 11) is 0. The summed E-state index contributed by atoms with van der Waals surface area (Å²) < 4.78 is 0. The van der Waals surface area contributed by atoms with Gasteiger partial charge in [0.05, 0.1) is 5.71 Å². The van der Waals surface area contributed by atoms with Crippen LogP contribution in [-0.2, 0) is 36.8 Å². The number of nitrogens with two attached hydrogens (primary N) is 1. The molecule has 0 radical (unpaired) electrons. The van der Waals surface area contributed by atoms with E-state index in [1.807, 2.05) is 39.8 Å². The van der Waals surface area contributed by atoms with Crippen molar-refractivity contribution in [2.75, 3.05) is 5.75 Å². The highest BCUT2D eigenvalue weighted by Crippen LogP contribution is 2.37. The lowest BCUT2D eigenvalue weighted by molar-refractivity contribution is -0.138. The summed E-state index contributed by atoms with van der Waals surface area (Å²) in [5.74, 6) is -4.05. The molecule has 2 aliphatic rings. The third kappa shape index (κ3) is 8.25. The molecule has 13 nitrogen and oxygen atoms in total. The Morgan fingerprint density at radius 2 is 1.58 bits per heavy atom. The molecule has 4 rings (SSSR count). The fourth-order valence-electron chi connectivity index (χ4n) is 6.36. The summed E-state index contributed by atoms with van der Waals surface area (Å²) >= 11 is 1.38. The number of H-pyrrole nitrogens is 2. The molecule has 0 aromatic carbocycles. The number of allylic oxidation sites excluding steroid dienone is 2. The van der Waals surface area contributed by atoms with Gasteiger partial charge in [0.15, 0.2) is 0 Å². The molecule has 14 heteroatoms. The number of amides is 2. The number of aromatic amines is 2. The molecular weight excluding hydrogens is 662 g/mol. The van der Waals surface area contributed by atoms with Crippen molar-refractivity contribution in [3.05, 3.63) is 73.8 Å². The minimum Gasteiger partial charge on any atom is -0.481 e. The van der Waals surface area contributed by atoms with Gasteiger partial charge < -0.3 is 36.3 Å². The number of aromatic nitrogens is 2. The predicted octanol–water partition coefficient (Wildman–Crippen LogP) is 2.34. The minimum absolute atomic E-state index is 0.127. The minimum atomic E-state index is -1.10. The van der Waals surface area contributed by atoms with Crippen molar-refractivity contribution in [1.29, 1.82) is 0 Å². The molecule has 1 fully saturated rings. The Bertz CT molecular complexity index is 1980. The summed E-state index contributed by atoms with van der Waals surface area (Å²) in [5, 5.41) is 32.3. The van der Waals surface area contributed by atoms with Crippen LogP contribution in [0.4, 0.5) is 0 Å². The maximum atomic E-state index is 12.8. The van der Waals surface area contributed by atoms with Crippen molar-refractivity contribution < 1.29 is 39.3 Å². The zero-order valence-corrected chi connectivity index (χ0v) is 29.5. The number of carbonyl (C=O) groups excluding carboxylic acids is 2. The Morgan fingerprint density at radius 3 is 2.16 bits per heavy atom. The second-order valence-corrected chi connectivity index (χ2v) is 14.0. The molecule has 2 aromatic heterocycles. The molecule has 2 aliphatic heterocycles. The number of thioether (sulfide) groups is 1. The first-order valence-electron chi connectivity index (χ1n) is 16.2. The van der Waals surface area contributed by atoms with Crippen LogP contribution in [0, 0.1) is 25.7 Å². The second kappa shape index (κ2) is 15.7. The smallest absolute Gasteiger partial charge is 0.321 e. The van der Waals surface area contributed by atoms with E-state index >= 15 is 0 Å². The summed E-state index contributed by atoms with van der Waals surface area (Å²) in [6.45, 7) is 12.9. The molecule has 0 spiro atoms. The number of aliphatic imine (C=N–C) groups is 1. The molecule has 4 atom stereocenters. The van der Waals surface area contributed by atoms with Gasteiger partial charge in [-0.05, 0) is 79.7 Å². The van der Waals surface area contributed by atoms with Crippen LogP contribution < -0.4 is 21.7 Å². The van der Waals surface area contributed by atoms with E-state index in [1.54, 1.807) is 13.0 Å². The highest BCUT2D eigenvalue weighted by molar-refractivity contribution is 8.00. The van der Waals surface area contributed by atoms with Gasteiger partial charge in [-0.2, -0.15) is 11.8 Å². The summed E-state index contributed by atoms with van der Waals surface area (Å²) in [6.07, 6.45) is 7.02. The number of nitrogens with zero attached hydrogens (tertiary/aromatic N) is 1. The van der Waals surface area contributed by atoms with E-state index in [4.69, 9.17) is 5.73 Å². The first-order chi connectivity index (χ1) is 23.5. The highest BCUT2D eigenvalue weighted by atomic mass is 32.2. The van der Waals surface area contributed by atoms with Gasteiger partial charge in [0.2, 0.25) is 5.91 Å². The lowest BCUT2D eigenvalue weighted by Gasteiger charge is -2.23. The molecule has 266 valence electrons. The van der Waals surface area contributed by atoms with Crippen molar-refractivity contribution in [3.8, 4) is 0 Å². The van der Waals surface area contributed by atoms with E-state index in [-0.39, 0.29) is 60.3 Å². The molecule has 50 heavy (non-hydrogen) atoms. The van der Waals surface area contributed by atoms with Crippen LogP contribution in [-0.4, -0.2) is 77.8 Å². The Kier molecular flexibility index (Phi) is 11.9. The van der Waals surface area contributed by atoms with E-state index in [9.17, 15) is 39.3 Å². The third-order valence-corrected chi connectivity index (χ3v) is 10.7. The summed E-state index contributed by atoms with van der Waals surface area (Å²) in [4.78, 5) is 70.6. The quantitative estimate of drug-likeness (QED) is 0.143. The zero-order valence-electron chi connectivity index (χ0n) is 28.7. The number of carboxylic acids is 3. The van der Waals surface area contributed by atoms with Crippen LogP contribution in [0.5, 0.6) is 0 Å². The SMILES string of the molecule is C=CC1=C(C)C(C=c2[nH]c(=Cc3[nH]c(/C=C4\NC(=O)[C@H](C)[C@H]4[C@H](C)SC[C@H](N)C(=O)O)c(C)c3CCC(=O)O)c(CCC(=O)O)c2C)=NC1=O. The van der Waals surface area contributed by atoms with Gasteiger partial charge in [-0.25, -0.2) is 4.99 Å². The maximum absolute atomic E-state index is 12.8. The van der Waals surface area contributed by atoms with Crippen LogP contribution in [0.1, 0.15) is 67.3 Å². The average molecular weight is 706 g/mol. The van der Waals surface area contributed by atoms with E-state index in [1.165, 1.54) is 17.8 Å². The average Bonchev–Trinajstić information content (AvgIpc) is 3.69.